The summed E-state index contributed by atoms with van der Waals surface area (Å²) < 4.78 is 38.5. The standard InChI is InChI=1S/C15H19N3O4S/c16-9-13-1-3-14(4-2-13)23(19,20)18-6-8-22-15(11-18)10-17-5-7-21-12-15/h1-4,17H,5-8,10-12H2/t15-/m1/s1. The highest BCUT2D eigenvalue weighted by Crippen LogP contribution is 2.25. The zero-order valence-corrected chi connectivity index (χ0v) is 13.5. The first-order chi connectivity index (χ1) is 11.1. The number of ether oxygens (including phenoxy) is 2. The molecular weight excluding hydrogens is 318 g/mol. The first kappa shape index (κ1) is 16.4. The van der Waals surface area contributed by atoms with E-state index in [9.17, 15) is 8.42 Å². The molecular formula is C15H19N3O4S. The van der Waals surface area contributed by atoms with Crippen molar-refractivity contribution in [1.82, 2.24) is 9.62 Å². The average Bonchev–Trinajstić information content (AvgIpc) is 2.80. The lowest BCUT2D eigenvalue weighted by Crippen LogP contribution is -2.59. The van der Waals surface area contributed by atoms with Crippen molar-refractivity contribution in [1.29, 1.82) is 5.26 Å². The van der Waals surface area contributed by atoms with Crippen molar-refractivity contribution in [3.8, 4) is 6.07 Å². The molecule has 0 aromatic heterocycles. The van der Waals surface area contributed by atoms with Crippen LogP contribution in [0.1, 0.15) is 5.56 Å². The van der Waals surface area contributed by atoms with E-state index in [-0.39, 0.29) is 11.4 Å². The molecule has 23 heavy (non-hydrogen) atoms. The lowest BCUT2D eigenvalue weighted by molar-refractivity contribution is -0.118. The highest BCUT2D eigenvalue weighted by atomic mass is 32.2. The maximum atomic E-state index is 12.8. The van der Waals surface area contributed by atoms with Crippen LogP contribution in [0.3, 0.4) is 0 Å². The molecule has 1 aromatic carbocycles. The number of hydrogen-bond donors (Lipinski definition) is 1. The average molecular weight is 337 g/mol. The SMILES string of the molecule is N#Cc1ccc(S(=O)(=O)N2CCO[C@]3(CNCCOC3)C2)cc1. The minimum Gasteiger partial charge on any atom is -0.377 e. The van der Waals surface area contributed by atoms with E-state index >= 15 is 0 Å². The normalized spacial score (nSPS) is 26.6. The number of rotatable bonds is 2. The Bertz CT molecular complexity index is 688. The molecule has 8 heteroatoms. The summed E-state index contributed by atoms with van der Waals surface area (Å²) in [6, 6.07) is 7.95. The third-order valence-electron chi connectivity index (χ3n) is 4.07. The summed E-state index contributed by atoms with van der Waals surface area (Å²) in [5.41, 5.74) is -0.210. The lowest BCUT2D eigenvalue weighted by Gasteiger charge is -2.41. The fourth-order valence-electron chi connectivity index (χ4n) is 2.83. The van der Waals surface area contributed by atoms with Crippen molar-refractivity contribution in [2.24, 2.45) is 0 Å². The molecule has 1 spiro atoms. The van der Waals surface area contributed by atoms with Crippen LogP contribution in [-0.2, 0) is 19.5 Å². The number of nitrogens with zero attached hydrogens (tertiary/aromatic N) is 2. The lowest BCUT2D eigenvalue weighted by atomic mass is 10.0. The van der Waals surface area contributed by atoms with Gasteiger partial charge in [0.25, 0.3) is 0 Å². The second-order valence-corrected chi connectivity index (χ2v) is 7.67. The zero-order valence-electron chi connectivity index (χ0n) is 12.7. The molecule has 7 nitrogen and oxygen atoms in total. The number of hydrogen-bond acceptors (Lipinski definition) is 6. The van der Waals surface area contributed by atoms with E-state index in [0.29, 0.717) is 38.5 Å². The third-order valence-corrected chi connectivity index (χ3v) is 5.93. The molecule has 2 aliphatic heterocycles. The summed E-state index contributed by atoms with van der Waals surface area (Å²) in [6.07, 6.45) is 0. The number of nitrogens with one attached hydrogen (secondary N) is 1. The first-order valence-corrected chi connectivity index (χ1v) is 8.93. The highest BCUT2D eigenvalue weighted by Gasteiger charge is 2.42. The monoisotopic (exact) mass is 337 g/mol. The van der Waals surface area contributed by atoms with Crippen LogP contribution in [0, 0.1) is 11.3 Å². The minimum absolute atomic E-state index is 0.191. The van der Waals surface area contributed by atoms with Crippen molar-refractivity contribution in [3.63, 3.8) is 0 Å². The number of sulfonamides is 1. The van der Waals surface area contributed by atoms with Crippen LogP contribution in [0.2, 0.25) is 0 Å². The Hall–Kier alpha value is -1.50. The summed E-state index contributed by atoms with van der Waals surface area (Å²) in [5, 5.41) is 12.1. The van der Waals surface area contributed by atoms with Crippen LogP contribution in [0.15, 0.2) is 29.2 Å². The summed E-state index contributed by atoms with van der Waals surface area (Å²) in [4.78, 5) is 0.191. The molecule has 2 heterocycles. The second kappa shape index (κ2) is 6.55. The molecule has 0 saturated carbocycles. The number of nitriles is 1. The molecule has 2 saturated heterocycles. The molecule has 1 atom stereocenters. The van der Waals surface area contributed by atoms with Gasteiger partial charge in [-0.05, 0) is 24.3 Å². The molecule has 0 bridgehead atoms. The van der Waals surface area contributed by atoms with Crippen molar-refractivity contribution in [3.05, 3.63) is 29.8 Å². The van der Waals surface area contributed by atoms with Gasteiger partial charge < -0.3 is 14.8 Å². The molecule has 124 valence electrons. The highest BCUT2D eigenvalue weighted by molar-refractivity contribution is 7.89. The fourth-order valence-corrected chi connectivity index (χ4v) is 4.33. The summed E-state index contributed by atoms with van der Waals surface area (Å²) >= 11 is 0. The van der Waals surface area contributed by atoms with Crippen LogP contribution >= 0.6 is 0 Å². The van der Waals surface area contributed by atoms with Gasteiger partial charge in [0.1, 0.15) is 5.60 Å². The van der Waals surface area contributed by atoms with Gasteiger partial charge in [0.15, 0.2) is 0 Å². The third kappa shape index (κ3) is 3.39. The minimum atomic E-state index is -3.61. The molecule has 2 aliphatic rings. The maximum absolute atomic E-state index is 12.8. The Balaban J connectivity index is 1.82. The van der Waals surface area contributed by atoms with Crippen LogP contribution in [0.5, 0.6) is 0 Å². The van der Waals surface area contributed by atoms with E-state index in [2.05, 4.69) is 5.32 Å². The first-order valence-electron chi connectivity index (χ1n) is 7.49. The summed E-state index contributed by atoms with van der Waals surface area (Å²) in [7, 11) is -3.61. The van der Waals surface area contributed by atoms with E-state index in [4.69, 9.17) is 14.7 Å². The Morgan fingerprint density at radius 3 is 2.78 bits per heavy atom. The Morgan fingerprint density at radius 2 is 2.04 bits per heavy atom. The Morgan fingerprint density at radius 1 is 1.26 bits per heavy atom. The van der Waals surface area contributed by atoms with Gasteiger partial charge in [0, 0.05) is 26.2 Å². The summed E-state index contributed by atoms with van der Waals surface area (Å²) in [5.74, 6) is 0. The van der Waals surface area contributed by atoms with Gasteiger partial charge >= 0.3 is 0 Å². The Kier molecular flexibility index (Phi) is 4.66. The molecule has 0 aliphatic carbocycles. The van der Waals surface area contributed by atoms with E-state index in [1.165, 1.54) is 28.6 Å². The van der Waals surface area contributed by atoms with Gasteiger partial charge in [-0.25, -0.2) is 8.42 Å². The molecule has 1 N–H and O–H groups in total. The second-order valence-electron chi connectivity index (χ2n) is 5.74. The van der Waals surface area contributed by atoms with Crippen molar-refractivity contribution < 1.29 is 17.9 Å². The van der Waals surface area contributed by atoms with Gasteiger partial charge in [-0.3, -0.25) is 0 Å². The van der Waals surface area contributed by atoms with Gasteiger partial charge in [0.2, 0.25) is 10.0 Å². The summed E-state index contributed by atoms with van der Waals surface area (Å²) in [6.45, 7) is 3.15. The van der Waals surface area contributed by atoms with Crippen LogP contribution in [-0.4, -0.2) is 64.3 Å². The quantitative estimate of drug-likeness (QED) is 0.813. The predicted molar refractivity (Wildman–Crippen MR) is 82.3 cm³/mol. The molecule has 0 unspecified atom stereocenters. The number of benzene rings is 1. The number of morpholine rings is 1. The fraction of sp³-hybridized carbons (Fsp3) is 0.533. The maximum Gasteiger partial charge on any atom is 0.243 e. The molecule has 2 fully saturated rings. The van der Waals surface area contributed by atoms with Crippen molar-refractivity contribution >= 4 is 10.0 Å². The molecule has 3 rings (SSSR count). The predicted octanol–water partition coefficient (Wildman–Crippen LogP) is -0.0622. The van der Waals surface area contributed by atoms with Gasteiger partial charge in [-0.1, -0.05) is 0 Å². The van der Waals surface area contributed by atoms with Crippen molar-refractivity contribution in [2.75, 3.05) is 46.0 Å². The van der Waals surface area contributed by atoms with E-state index < -0.39 is 15.6 Å². The molecule has 0 amide bonds. The van der Waals surface area contributed by atoms with Gasteiger partial charge in [0.05, 0.1) is 36.3 Å². The zero-order chi connectivity index (χ0) is 16.3. The van der Waals surface area contributed by atoms with Gasteiger partial charge in [-0.15, -0.1) is 0 Å². The van der Waals surface area contributed by atoms with E-state index in [1.54, 1.807) is 0 Å². The smallest absolute Gasteiger partial charge is 0.243 e. The van der Waals surface area contributed by atoms with Crippen molar-refractivity contribution in [2.45, 2.75) is 10.5 Å². The topological polar surface area (TPSA) is 91.7 Å². The van der Waals surface area contributed by atoms with E-state index in [0.717, 1.165) is 6.54 Å². The van der Waals surface area contributed by atoms with Crippen LogP contribution < -0.4 is 5.32 Å². The molecule has 1 aromatic rings. The van der Waals surface area contributed by atoms with Crippen LogP contribution in [0.4, 0.5) is 0 Å². The van der Waals surface area contributed by atoms with E-state index in [1.807, 2.05) is 6.07 Å². The Labute approximate surface area is 135 Å². The van der Waals surface area contributed by atoms with Gasteiger partial charge in [-0.2, -0.15) is 9.57 Å². The van der Waals surface area contributed by atoms with Crippen LogP contribution in [0.25, 0.3) is 0 Å². The molecule has 0 radical (unpaired) electrons. The largest absolute Gasteiger partial charge is 0.377 e.